The maximum atomic E-state index is 12.6. The number of aromatic nitrogens is 2. The van der Waals surface area contributed by atoms with E-state index in [9.17, 15) is 14.4 Å². The number of amides is 2. The van der Waals surface area contributed by atoms with Crippen LogP contribution in [0.1, 0.15) is 30.8 Å². The molecule has 0 unspecified atom stereocenters. The van der Waals surface area contributed by atoms with Crippen molar-refractivity contribution < 1.29 is 19.1 Å². The molecule has 0 bridgehead atoms. The van der Waals surface area contributed by atoms with E-state index in [-0.39, 0.29) is 17.6 Å². The van der Waals surface area contributed by atoms with Crippen LogP contribution >= 0.6 is 11.8 Å². The highest BCUT2D eigenvalue weighted by Gasteiger charge is 2.37. The van der Waals surface area contributed by atoms with Gasteiger partial charge in [0, 0.05) is 17.6 Å². The van der Waals surface area contributed by atoms with Crippen LogP contribution in [0.4, 0.5) is 4.79 Å². The zero-order chi connectivity index (χ0) is 20.4. The molecule has 3 rings (SSSR count). The number of pyridine rings is 1. The molecule has 0 spiro atoms. The van der Waals surface area contributed by atoms with Crippen LogP contribution in [0.15, 0.2) is 35.5 Å². The number of ether oxygens (including phenoxy) is 1. The van der Waals surface area contributed by atoms with Crippen LogP contribution in [0.3, 0.4) is 0 Å². The van der Waals surface area contributed by atoms with E-state index >= 15 is 0 Å². The molecule has 3 heterocycles. The number of aryl methyl sites for hydroxylation is 1. The Hall–Kier alpha value is -2.87. The molecule has 7 nitrogen and oxygen atoms in total. The summed E-state index contributed by atoms with van der Waals surface area (Å²) < 4.78 is 7.06. The van der Waals surface area contributed by atoms with E-state index in [0.717, 1.165) is 39.3 Å². The fourth-order valence-electron chi connectivity index (χ4n) is 3.02. The van der Waals surface area contributed by atoms with Gasteiger partial charge in [0.2, 0.25) is 0 Å². The predicted octanol–water partition coefficient (Wildman–Crippen LogP) is 3.48. The minimum atomic E-state index is -0.603. The van der Waals surface area contributed by atoms with Crippen molar-refractivity contribution in [3.8, 4) is 5.69 Å². The van der Waals surface area contributed by atoms with Crippen LogP contribution in [0.25, 0.3) is 11.8 Å². The van der Waals surface area contributed by atoms with E-state index in [1.165, 1.54) is 0 Å². The molecule has 1 aliphatic heterocycles. The Kier molecular flexibility index (Phi) is 5.69. The summed E-state index contributed by atoms with van der Waals surface area (Å²) >= 11 is 0.826. The van der Waals surface area contributed by atoms with E-state index in [4.69, 9.17) is 4.74 Å². The molecule has 2 aromatic rings. The lowest BCUT2D eigenvalue weighted by atomic mass is 10.2. The van der Waals surface area contributed by atoms with Crippen LogP contribution in [-0.4, -0.2) is 44.2 Å². The van der Waals surface area contributed by atoms with Crippen LogP contribution in [0.5, 0.6) is 0 Å². The van der Waals surface area contributed by atoms with Crippen molar-refractivity contribution in [3.05, 3.63) is 52.4 Å². The normalized spacial score (nSPS) is 15.8. The summed E-state index contributed by atoms with van der Waals surface area (Å²) in [5.74, 6) is -1.09. The molecule has 0 N–H and O–H groups in total. The fourth-order valence-corrected chi connectivity index (χ4v) is 3.85. The number of esters is 1. The number of hydrogen-bond donors (Lipinski definition) is 0. The first-order valence-electron chi connectivity index (χ1n) is 8.82. The first-order chi connectivity index (χ1) is 13.3. The fraction of sp³-hybridized carbons (Fsp3) is 0.300. The summed E-state index contributed by atoms with van der Waals surface area (Å²) in [6.45, 7) is 6.95. The van der Waals surface area contributed by atoms with Gasteiger partial charge in [0.1, 0.15) is 6.54 Å². The summed E-state index contributed by atoms with van der Waals surface area (Å²) in [4.78, 5) is 42.0. The standard InChI is InChI=1S/C20H21N3O4S/c1-12(2)27-18(24)11-22-19(25)17(28-20(22)26)9-15-8-13(3)23(14(15)4)16-6-5-7-21-10-16/h5-10,12H,11H2,1-4H3/b17-9+. The Balaban J connectivity index is 1.86. The van der Waals surface area contributed by atoms with Crippen LogP contribution in [0.2, 0.25) is 0 Å². The summed E-state index contributed by atoms with van der Waals surface area (Å²) in [5.41, 5.74) is 3.66. The third-order valence-electron chi connectivity index (χ3n) is 4.19. The SMILES string of the molecule is Cc1cc(/C=C2/SC(=O)N(CC(=O)OC(C)C)C2=O)c(C)n1-c1cccnc1. The number of carbonyl (C=O) groups is 3. The molecule has 0 saturated carbocycles. The molecule has 1 fully saturated rings. The monoisotopic (exact) mass is 399 g/mol. The number of imide groups is 1. The first-order valence-corrected chi connectivity index (χ1v) is 9.63. The molecule has 0 radical (unpaired) electrons. The largest absolute Gasteiger partial charge is 0.462 e. The van der Waals surface area contributed by atoms with Crippen molar-refractivity contribution in [2.75, 3.05) is 6.54 Å². The smallest absolute Gasteiger partial charge is 0.326 e. The summed E-state index contributed by atoms with van der Waals surface area (Å²) in [7, 11) is 0. The van der Waals surface area contributed by atoms with E-state index in [1.54, 1.807) is 32.3 Å². The second-order valence-electron chi connectivity index (χ2n) is 6.68. The minimum Gasteiger partial charge on any atom is -0.462 e. The predicted molar refractivity (Wildman–Crippen MR) is 107 cm³/mol. The molecular formula is C20H21N3O4S. The van der Waals surface area contributed by atoms with E-state index in [0.29, 0.717) is 0 Å². The third-order valence-corrected chi connectivity index (χ3v) is 5.10. The molecule has 146 valence electrons. The van der Waals surface area contributed by atoms with Gasteiger partial charge >= 0.3 is 5.97 Å². The van der Waals surface area contributed by atoms with Gasteiger partial charge in [-0.05, 0) is 69.3 Å². The van der Waals surface area contributed by atoms with Crippen molar-refractivity contribution in [3.63, 3.8) is 0 Å². The number of hydrogen-bond acceptors (Lipinski definition) is 6. The van der Waals surface area contributed by atoms with Crippen molar-refractivity contribution >= 4 is 35.0 Å². The van der Waals surface area contributed by atoms with Gasteiger partial charge in [0.05, 0.1) is 22.9 Å². The van der Waals surface area contributed by atoms with Gasteiger partial charge in [-0.25, -0.2) is 0 Å². The third kappa shape index (κ3) is 4.01. The lowest BCUT2D eigenvalue weighted by Crippen LogP contribution is -2.35. The van der Waals surface area contributed by atoms with Gasteiger partial charge in [-0.15, -0.1) is 0 Å². The molecule has 1 saturated heterocycles. The molecule has 0 aliphatic carbocycles. The van der Waals surface area contributed by atoms with Crippen molar-refractivity contribution in [2.24, 2.45) is 0 Å². The number of thioether (sulfide) groups is 1. The van der Waals surface area contributed by atoms with Crippen molar-refractivity contribution in [2.45, 2.75) is 33.8 Å². The van der Waals surface area contributed by atoms with E-state index in [2.05, 4.69) is 4.98 Å². The average Bonchev–Trinajstić information content (AvgIpc) is 3.05. The summed E-state index contributed by atoms with van der Waals surface area (Å²) in [5, 5.41) is -0.474. The second kappa shape index (κ2) is 8.02. The Morgan fingerprint density at radius 2 is 2.07 bits per heavy atom. The van der Waals surface area contributed by atoms with E-state index in [1.807, 2.05) is 36.6 Å². The van der Waals surface area contributed by atoms with Gasteiger partial charge in [0.15, 0.2) is 0 Å². The number of nitrogens with zero attached hydrogens (tertiary/aromatic N) is 3. The average molecular weight is 399 g/mol. The molecule has 2 aromatic heterocycles. The molecule has 28 heavy (non-hydrogen) atoms. The second-order valence-corrected chi connectivity index (χ2v) is 7.67. The summed E-state index contributed by atoms with van der Waals surface area (Å²) in [6.07, 6.45) is 4.85. The Bertz CT molecular complexity index is 963. The highest BCUT2D eigenvalue weighted by molar-refractivity contribution is 8.18. The molecule has 1 aliphatic rings. The number of carbonyl (C=O) groups excluding carboxylic acids is 3. The zero-order valence-electron chi connectivity index (χ0n) is 16.1. The maximum Gasteiger partial charge on any atom is 0.326 e. The number of rotatable bonds is 5. The van der Waals surface area contributed by atoms with E-state index < -0.39 is 17.1 Å². The van der Waals surface area contributed by atoms with Gasteiger partial charge in [-0.1, -0.05) is 0 Å². The highest BCUT2D eigenvalue weighted by atomic mass is 32.2. The van der Waals surface area contributed by atoms with Gasteiger partial charge in [0.25, 0.3) is 11.1 Å². The lowest BCUT2D eigenvalue weighted by Gasteiger charge is -2.13. The van der Waals surface area contributed by atoms with Crippen LogP contribution in [0, 0.1) is 13.8 Å². The molecule has 8 heteroatoms. The van der Waals surface area contributed by atoms with Gasteiger partial charge in [-0.3, -0.25) is 24.3 Å². The minimum absolute atomic E-state index is 0.286. The van der Waals surface area contributed by atoms with Gasteiger partial charge in [-0.2, -0.15) is 0 Å². The highest BCUT2D eigenvalue weighted by Crippen LogP contribution is 2.33. The lowest BCUT2D eigenvalue weighted by molar-refractivity contribution is -0.149. The Labute approximate surface area is 167 Å². The topological polar surface area (TPSA) is 81.5 Å². The molecule has 0 aromatic carbocycles. The quantitative estimate of drug-likeness (QED) is 0.566. The van der Waals surface area contributed by atoms with Crippen LogP contribution < -0.4 is 0 Å². The molecule has 2 amide bonds. The zero-order valence-corrected chi connectivity index (χ0v) is 16.9. The van der Waals surface area contributed by atoms with Crippen LogP contribution in [-0.2, 0) is 14.3 Å². The Morgan fingerprint density at radius 1 is 1.32 bits per heavy atom. The first kappa shape index (κ1) is 19.9. The van der Waals surface area contributed by atoms with Crippen molar-refractivity contribution in [1.82, 2.24) is 14.5 Å². The molecule has 0 atom stereocenters. The maximum absolute atomic E-state index is 12.6. The van der Waals surface area contributed by atoms with Crippen molar-refractivity contribution in [1.29, 1.82) is 0 Å². The van der Waals surface area contributed by atoms with Gasteiger partial charge < -0.3 is 9.30 Å². The summed E-state index contributed by atoms with van der Waals surface area (Å²) in [6, 6.07) is 5.75. The molecular weight excluding hydrogens is 378 g/mol. The Morgan fingerprint density at radius 3 is 2.71 bits per heavy atom.